The van der Waals surface area contributed by atoms with Crippen LogP contribution in [0.2, 0.25) is 0 Å². The van der Waals surface area contributed by atoms with Gasteiger partial charge in [0.15, 0.2) is 6.10 Å². The van der Waals surface area contributed by atoms with Gasteiger partial charge in [0.1, 0.15) is 12.7 Å². The van der Waals surface area contributed by atoms with Gasteiger partial charge in [0.25, 0.3) is 0 Å². The number of esters is 3. The average Bonchev–Trinajstić information content (AvgIpc) is 3.43. The Kier molecular flexibility index (Phi) is 55.9. The number of hydrogen-bond donors (Lipinski definition) is 2. The fourth-order valence-electron chi connectivity index (χ4n) is 7.78. The lowest BCUT2D eigenvalue weighted by Gasteiger charge is -2.21. The standard InChI is InChI=1S/C66H109O11P/c1-4-7-10-13-16-19-22-25-27-29-31-33-35-38-40-43-46-49-52-55-64(68)73-59-63(77-66(70)57-54-51-48-45-42-39-36-34-32-30-28-26-23-20-17-14-11-8-5-2)61-75-78(71,72)74-60-62(58-67)76-65(69)56-53-50-47-44-41-37-24-21-18-15-12-9-6-3/h7,9-10,12,16-21,25-28,31-34,37,41,62-63,67H,4-6,8,11,13-15,22-24,29-30,35-36,38-40,42-61H2,1-3H3,(H,71,72)/b10-7-,12-9-,19-16-,20-17-,21-18-,27-25-,28-26-,33-31-,34-32-,41-37-. The molecule has 3 unspecified atom stereocenters. The van der Waals surface area contributed by atoms with E-state index in [2.05, 4.69) is 142 Å². The second kappa shape index (κ2) is 59.0. The van der Waals surface area contributed by atoms with Crippen molar-refractivity contribution in [1.29, 1.82) is 0 Å². The second-order valence-corrected chi connectivity index (χ2v) is 21.2. The van der Waals surface area contributed by atoms with Crippen molar-refractivity contribution in [3.63, 3.8) is 0 Å². The van der Waals surface area contributed by atoms with Gasteiger partial charge < -0.3 is 24.2 Å². The minimum absolute atomic E-state index is 0.134. The maximum atomic E-state index is 12.9. The molecule has 0 aliphatic rings. The molecule has 0 bridgehead atoms. The minimum Gasteiger partial charge on any atom is -0.462 e. The van der Waals surface area contributed by atoms with Gasteiger partial charge in [0, 0.05) is 19.3 Å². The monoisotopic (exact) mass is 1110 g/mol. The molecule has 0 rings (SSSR count). The Labute approximate surface area is 475 Å². The first-order chi connectivity index (χ1) is 38.2. The summed E-state index contributed by atoms with van der Waals surface area (Å²) in [6, 6.07) is 0. The molecule has 0 aromatic carbocycles. The summed E-state index contributed by atoms with van der Waals surface area (Å²) >= 11 is 0. The van der Waals surface area contributed by atoms with Gasteiger partial charge in [-0.3, -0.25) is 23.4 Å². The Morgan fingerprint density at radius 2 is 0.667 bits per heavy atom. The van der Waals surface area contributed by atoms with Crippen LogP contribution in [0.3, 0.4) is 0 Å². The van der Waals surface area contributed by atoms with Crippen molar-refractivity contribution in [2.75, 3.05) is 26.4 Å². The molecule has 444 valence electrons. The third-order valence-electron chi connectivity index (χ3n) is 12.3. The molecule has 0 heterocycles. The van der Waals surface area contributed by atoms with E-state index in [1.54, 1.807) is 0 Å². The van der Waals surface area contributed by atoms with Gasteiger partial charge in [-0.15, -0.1) is 0 Å². The van der Waals surface area contributed by atoms with E-state index in [-0.39, 0.29) is 25.9 Å². The normalized spacial score (nSPS) is 14.2. The fraction of sp³-hybridized carbons (Fsp3) is 0.652. The molecule has 0 saturated carbocycles. The molecule has 0 aromatic rings. The Balaban J connectivity index is 4.81. The van der Waals surface area contributed by atoms with Crippen molar-refractivity contribution < 1.29 is 52.2 Å². The molecule has 0 aliphatic heterocycles. The highest BCUT2D eigenvalue weighted by molar-refractivity contribution is 7.47. The minimum atomic E-state index is -4.77. The van der Waals surface area contributed by atoms with Crippen LogP contribution in [0.4, 0.5) is 0 Å². The Hall–Kier alpha value is -4.12. The highest BCUT2D eigenvalue weighted by Gasteiger charge is 2.28. The van der Waals surface area contributed by atoms with Gasteiger partial charge in [-0.2, -0.15) is 0 Å². The summed E-state index contributed by atoms with van der Waals surface area (Å²) in [5.41, 5.74) is 0. The number of aliphatic hydroxyl groups is 1. The first-order valence-electron chi connectivity index (χ1n) is 30.4. The Morgan fingerprint density at radius 3 is 1.04 bits per heavy atom. The van der Waals surface area contributed by atoms with Gasteiger partial charge in [0.2, 0.25) is 0 Å². The zero-order valence-electron chi connectivity index (χ0n) is 49.1. The highest BCUT2D eigenvalue weighted by Crippen LogP contribution is 2.43. The van der Waals surface area contributed by atoms with Crippen LogP contribution in [-0.2, 0) is 42.2 Å². The van der Waals surface area contributed by atoms with Crippen molar-refractivity contribution in [2.45, 2.75) is 251 Å². The number of allylic oxidation sites excluding steroid dienone is 20. The number of carbonyl (C=O) groups is 3. The van der Waals surface area contributed by atoms with Crippen LogP contribution in [-0.4, -0.2) is 66.5 Å². The van der Waals surface area contributed by atoms with Gasteiger partial charge in [0.05, 0.1) is 19.8 Å². The number of hydrogen-bond acceptors (Lipinski definition) is 10. The molecule has 0 amide bonds. The number of rotatable bonds is 55. The summed E-state index contributed by atoms with van der Waals surface area (Å²) in [7, 11) is -4.77. The maximum Gasteiger partial charge on any atom is 0.472 e. The van der Waals surface area contributed by atoms with Gasteiger partial charge in [-0.25, -0.2) is 4.57 Å². The summed E-state index contributed by atoms with van der Waals surface area (Å²) in [6.45, 7) is 4.32. The van der Waals surface area contributed by atoms with Crippen LogP contribution >= 0.6 is 7.82 Å². The van der Waals surface area contributed by atoms with Gasteiger partial charge >= 0.3 is 25.7 Å². The van der Waals surface area contributed by atoms with Gasteiger partial charge in [-0.05, 0) is 128 Å². The maximum absolute atomic E-state index is 12.9. The smallest absolute Gasteiger partial charge is 0.462 e. The third-order valence-corrected chi connectivity index (χ3v) is 13.3. The molecule has 0 radical (unpaired) electrons. The van der Waals surface area contributed by atoms with E-state index in [0.717, 1.165) is 154 Å². The molecule has 78 heavy (non-hydrogen) atoms. The van der Waals surface area contributed by atoms with Crippen molar-refractivity contribution >= 4 is 25.7 Å². The highest BCUT2D eigenvalue weighted by atomic mass is 31.2. The van der Waals surface area contributed by atoms with E-state index in [1.807, 2.05) is 0 Å². The lowest BCUT2D eigenvalue weighted by atomic mass is 10.1. The van der Waals surface area contributed by atoms with Crippen LogP contribution in [0.25, 0.3) is 0 Å². The quantitative estimate of drug-likeness (QED) is 0.0197. The van der Waals surface area contributed by atoms with Crippen LogP contribution < -0.4 is 0 Å². The molecule has 0 fully saturated rings. The number of phosphoric ester groups is 1. The first-order valence-corrected chi connectivity index (χ1v) is 31.9. The molecular weight excluding hydrogens is 1000 g/mol. The molecule has 3 atom stereocenters. The molecule has 0 aromatic heterocycles. The van der Waals surface area contributed by atoms with E-state index in [0.29, 0.717) is 19.3 Å². The topological polar surface area (TPSA) is 155 Å². The number of ether oxygens (including phenoxy) is 3. The zero-order chi connectivity index (χ0) is 56.9. The van der Waals surface area contributed by atoms with Crippen molar-refractivity contribution in [3.8, 4) is 0 Å². The van der Waals surface area contributed by atoms with Crippen molar-refractivity contribution in [2.24, 2.45) is 0 Å². The average molecular weight is 1110 g/mol. The van der Waals surface area contributed by atoms with Crippen LogP contribution in [0.5, 0.6) is 0 Å². The predicted molar refractivity (Wildman–Crippen MR) is 325 cm³/mol. The van der Waals surface area contributed by atoms with Crippen LogP contribution in [0, 0.1) is 0 Å². The largest absolute Gasteiger partial charge is 0.472 e. The molecule has 11 nitrogen and oxygen atoms in total. The van der Waals surface area contributed by atoms with Crippen LogP contribution in [0.15, 0.2) is 122 Å². The summed E-state index contributed by atoms with van der Waals surface area (Å²) < 4.78 is 39.6. The number of carbonyl (C=O) groups excluding carboxylic acids is 3. The summed E-state index contributed by atoms with van der Waals surface area (Å²) in [5, 5.41) is 9.82. The predicted octanol–water partition coefficient (Wildman–Crippen LogP) is 18.4. The lowest BCUT2D eigenvalue weighted by Crippen LogP contribution is -2.30. The summed E-state index contributed by atoms with van der Waals surface area (Å²) in [5.74, 6) is -1.53. The van der Waals surface area contributed by atoms with Crippen molar-refractivity contribution in [3.05, 3.63) is 122 Å². The van der Waals surface area contributed by atoms with Gasteiger partial charge in [-0.1, -0.05) is 213 Å². The Bertz CT molecular complexity index is 1770. The SMILES string of the molecule is CC/C=C\C/C=C\C/C=C\C/C=C\CCCCCCCCC(=O)OCC(COP(=O)(O)OCC(CO)OC(=O)CCCCC/C=C\C/C=C\C/C=C\CC)OC(=O)CCCCCCCC/C=C\C/C=C\C/C=C\CCCCC. The zero-order valence-corrected chi connectivity index (χ0v) is 50.0. The summed E-state index contributed by atoms with van der Waals surface area (Å²) in [4.78, 5) is 48.7. The van der Waals surface area contributed by atoms with E-state index < -0.39 is 57.8 Å². The number of phosphoric acid groups is 1. The fourth-order valence-corrected chi connectivity index (χ4v) is 8.56. The van der Waals surface area contributed by atoms with E-state index >= 15 is 0 Å². The van der Waals surface area contributed by atoms with E-state index in [9.17, 15) is 28.9 Å². The molecule has 0 spiro atoms. The molecule has 2 N–H and O–H groups in total. The molecule has 0 aliphatic carbocycles. The molecule has 12 heteroatoms. The van der Waals surface area contributed by atoms with Crippen LogP contribution in [0.1, 0.15) is 239 Å². The lowest BCUT2D eigenvalue weighted by molar-refractivity contribution is -0.161. The number of aliphatic hydroxyl groups excluding tert-OH is 1. The number of unbranched alkanes of at least 4 members (excludes halogenated alkanes) is 18. The first kappa shape index (κ1) is 73.9. The van der Waals surface area contributed by atoms with Crippen molar-refractivity contribution in [1.82, 2.24) is 0 Å². The molecule has 0 saturated heterocycles. The summed E-state index contributed by atoms with van der Waals surface area (Å²) in [6.07, 6.45) is 72.9. The van der Waals surface area contributed by atoms with E-state index in [4.69, 9.17) is 23.3 Å². The van der Waals surface area contributed by atoms with E-state index in [1.165, 1.54) is 25.7 Å². The molecular formula is C66H109O11P. The Morgan fingerprint density at radius 1 is 0.372 bits per heavy atom. The third kappa shape index (κ3) is 56.6. The second-order valence-electron chi connectivity index (χ2n) is 19.7.